The summed E-state index contributed by atoms with van der Waals surface area (Å²) in [6.07, 6.45) is 0.855. The number of para-hydroxylation sites is 2. The highest BCUT2D eigenvalue weighted by molar-refractivity contribution is 6.36. The monoisotopic (exact) mass is 289 g/mol. The lowest BCUT2D eigenvalue weighted by Gasteiger charge is -2.08. The molecule has 0 saturated carbocycles. The zero-order chi connectivity index (χ0) is 15.4. The maximum Gasteiger partial charge on any atom is 0.328 e. The predicted octanol–water partition coefficient (Wildman–Crippen LogP) is 3.51. The van der Waals surface area contributed by atoms with Gasteiger partial charge < -0.3 is 10.3 Å². The van der Waals surface area contributed by atoms with Gasteiger partial charge in [0.2, 0.25) is 5.88 Å². The molecule has 5 heteroatoms. The minimum atomic E-state index is -0.418. The van der Waals surface area contributed by atoms with Crippen molar-refractivity contribution in [2.24, 2.45) is 0 Å². The van der Waals surface area contributed by atoms with E-state index in [1.807, 2.05) is 30.3 Å². The standard InChI is InChI=1S/C17H11N3O2/c18-19-11-16(21)14-10-17(22-12-6-2-1-3-7-12)20-15-9-5-4-8-13(14)15/h1-11H. The third-order valence-corrected chi connectivity index (χ3v) is 3.10. The van der Waals surface area contributed by atoms with Gasteiger partial charge in [0.05, 0.1) is 5.52 Å². The third kappa shape index (κ3) is 2.75. The fourth-order valence-corrected chi connectivity index (χ4v) is 2.14. The number of aromatic nitrogens is 1. The van der Waals surface area contributed by atoms with E-state index in [9.17, 15) is 4.79 Å². The summed E-state index contributed by atoms with van der Waals surface area (Å²) in [5.74, 6) is 0.512. The Labute approximate surface area is 126 Å². The third-order valence-electron chi connectivity index (χ3n) is 3.10. The van der Waals surface area contributed by atoms with Crippen LogP contribution >= 0.6 is 0 Å². The number of benzene rings is 2. The van der Waals surface area contributed by atoms with E-state index in [4.69, 9.17) is 10.3 Å². The first kappa shape index (κ1) is 13.7. The Morgan fingerprint density at radius 1 is 1.09 bits per heavy atom. The molecule has 1 aromatic heterocycles. The van der Waals surface area contributed by atoms with Gasteiger partial charge in [-0.05, 0) is 18.2 Å². The lowest BCUT2D eigenvalue weighted by Crippen LogP contribution is -2.03. The van der Waals surface area contributed by atoms with Gasteiger partial charge in [0, 0.05) is 17.0 Å². The van der Waals surface area contributed by atoms with Crippen molar-refractivity contribution in [2.45, 2.75) is 0 Å². The Bertz CT molecular complexity index is 885. The zero-order valence-electron chi connectivity index (χ0n) is 11.5. The van der Waals surface area contributed by atoms with E-state index in [2.05, 4.69) is 9.77 Å². The summed E-state index contributed by atoms with van der Waals surface area (Å²) in [5.41, 5.74) is 9.58. The average molecular weight is 289 g/mol. The number of fused-ring (bicyclic) bond motifs is 1. The molecule has 0 spiro atoms. The number of nitrogens with zero attached hydrogens (tertiary/aromatic N) is 3. The normalized spacial score (nSPS) is 10.0. The first-order valence-corrected chi connectivity index (χ1v) is 6.62. The van der Waals surface area contributed by atoms with Crippen molar-refractivity contribution in [3.8, 4) is 11.6 Å². The van der Waals surface area contributed by atoms with E-state index in [0.717, 1.165) is 6.21 Å². The minimum absolute atomic E-state index is 0.305. The van der Waals surface area contributed by atoms with Gasteiger partial charge in [-0.25, -0.2) is 4.98 Å². The number of hydrogen-bond donors (Lipinski definition) is 0. The topological polar surface area (TPSA) is 75.6 Å². The van der Waals surface area contributed by atoms with Crippen LogP contribution in [0.25, 0.3) is 16.4 Å². The maximum absolute atomic E-state index is 12.1. The molecule has 3 rings (SSSR count). The fraction of sp³-hybridized carbons (Fsp3) is 0. The highest BCUT2D eigenvalue weighted by Crippen LogP contribution is 2.25. The van der Waals surface area contributed by atoms with Gasteiger partial charge in [0.1, 0.15) is 5.75 Å². The number of pyridine rings is 1. The fourth-order valence-electron chi connectivity index (χ4n) is 2.14. The molecule has 0 N–H and O–H groups in total. The summed E-state index contributed by atoms with van der Waals surface area (Å²) in [5, 5.41) is 0.674. The molecule has 0 saturated heterocycles. The highest BCUT2D eigenvalue weighted by atomic mass is 16.5. The number of hydrogen-bond acceptors (Lipinski definition) is 3. The number of Topliss-reactive ketones (excluding diaryl/α,β-unsaturated/α-hetero) is 1. The molecule has 0 aliphatic carbocycles. The van der Waals surface area contributed by atoms with Gasteiger partial charge in [0.15, 0.2) is 0 Å². The second-order valence-electron chi connectivity index (χ2n) is 4.55. The van der Waals surface area contributed by atoms with Crippen molar-refractivity contribution < 1.29 is 14.3 Å². The second kappa shape index (κ2) is 5.99. The Balaban J connectivity index is 2.12. The summed E-state index contributed by atoms with van der Waals surface area (Å²) in [4.78, 5) is 19.3. The first-order chi connectivity index (χ1) is 10.8. The molecule has 0 bridgehead atoms. The van der Waals surface area contributed by atoms with E-state index < -0.39 is 5.78 Å². The van der Waals surface area contributed by atoms with Crippen LogP contribution in [0, 0.1) is 0 Å². The molecule has 0 aliphatic heterocycles. The molecule has 3 aromatic rings. The molecule has 0 unspecified atom stereocenters. The maximum atomic E-state index is 12.1. The molecule has 5 nitrogen and oxygen atoms in total. The summed E-state index contributed by atoms with van der Waals surface area (Å²) >= 11 is 0. The molecule has 0 amide bonds. The van der Waals surface area contributed by atoms with Crippen LogP contribution in [0.4, 0.5) is 0 Å². The SMILES string of the molecule is [N-]=[N+]=CC(=O)c1cc(Oc2ccccc2)nc2ccccc12. The van der Waals surface area contributed by atoms with Crippen molar-refractivity contribution in [2.75, 3.05) is 0 Å². The lowest BCUT2D eigenvalue weighted by molar-refractivity contribution is 0.00236. The van der Waals surface area contributed by atoms with Gasteiger partial charge in [-0.1, -0.05) is 36.4 Å². The Kier molecular flexibility index (Phi) is 3.72. The van der Waals surface area contributed by atoms with Crippen LogP contribution in [0.1, 0.15) is 10.4 Å². The summed E-state index contributed by atoms with van der Waals surface area (Å²) in [6, 6.07) is 17.9. The predicted molar refractivity (Wildman–Crippen MR) is 82.3 cm³/mol. The Hall–Kier alpha value is -3.30. The summed E-state index contributed by atoms with van der Waals surface area (Å²) in [6.45, 7) is 0. The molecule has 2 aromatic carbocycles. The van der Waals surface area contributed by atoms with Crippen molar-refractivity contribution >= 4 is 22.9 Å². The van der Waals surface area contributed by atoms with E-state index >= 15 is 0 Å². The largest absolute Gasteiger partial charge is 0.439 e. The summed E-state index contributed by atoms with van der Waals surface area (Å²) in [7, 11) is 0. The van der Waals surface area contributed by atoms with Gasteiger partial charge in [-0.3, -0.25) is 4.79 Å². The number of ether oxygens (including phenoxy) is 1. The molecular formula is C17H11N3O2. The molecule has 22 heavy (non-hydrogen) atoms. The minimum Gasteiger partial charge on any atom is -0.439 e. The van der Waals surface area contributed by atoms with Crippen LogP contribution < -0.4 is 4.74 Å². The molecule has 0 aliphatic rings. The van der Waals surface area contributed by atoms with Crippen LogP contribution in [0.5, 0.6) is 11.6 Å². The van der Waals surface area contributed by atoms with E-state index in [-0.39, 0.29) is 0 Å². The van der Waals surface area contributed by atoms with E-state index in [1.54, 1.807) is 30.3 Å². The summed E-state index contributed by atoms with van der Waals surface area (Å²) < 4.78 is 5.69. The second-order valence-corrected chi connectivity index (χ2v) is 4.55. The molecule has 0 atom stereocenters. The Morgan fingerprint density at radius 3 is 2.59 bits per heavy atom. The molecule has 1 heterocycles. The highest BCUT2D eigenvalue weighted by Gasteiger charge is 2.15. The first-order valence-electron chi connectivity index (χ1n) is 6.62. The average Bonchev–Trinajstić information content (AvgIpc) is 2.55. The van der Waals surface area contributed by atoms with Gasteiger partial charge in [0.25, 0.3) is 5.78 Å². The van der Waals surface area contributed by atoms with Crippen LogP contribution in [0.2, 0.25) is 0 Å². The quantitative estimate of drug-likeness (QED) is 0.319. The molecule has 0 fully saturated rings. The van der Waals surface area contributed by atoms with Crippen molar-refractivity contribution in [1.82, 2.24) is 4.98 Å². The Morgan fingerprint density at radius 2 is 1.82 bits per heavy atom. The molecule has 0 radical (unpaired) electrons. The van der Waals surface area contributed by atoms with E-state index in [0.29, 0.717) is 28.1 Å². The number of rotatable bonds is 4. The smallest absolute Gasteiger partial charge is 0.328 e. The number of carbonyl (C=O) groups excluding carboxylic acids is 1. The van der Waals surface area contributed by atoms with Gasteiger partial charge in [-0.15, -0.1) is 0 Å². The number of ketones is 1. The van der Waals surface area contributed by atoms with Crippen LogP contribution in [-0.2, 0) is 0 Å². The van der Waals surface area contributed by atoms with Crippen molar-refractivity contribution in [3.63, 3.8) is 0 Å². The zero-order valence-corrected chi connectivity index (χ0v) is 11.5. The van der Waals surface area contributed by atoms with Crippen molar-refractivity contribution in [1.29, 1.82) is 0 Å². The van der Waals surface area contributed by atoms with Crippen LogP contribution in [0.3, 0.4) is 0 Å². The lowest BCUT2D eigenvalue weighted by atomic mass is 10.1. The van der Waals surface area contributed by atoms with Crippen LogP contribution in [0.15, 0.2) is 60.7 Å². The number of carbonyl (C=O) groups is 1. The molecular weight excluding hydrogens is 278 g/mol. The molecule has 106 valence electrons. The van der Waals surface area contributed by atoms with Gasteiger partial charge >= 0.3 is 6.21 Å². The van der Waals surface area contributed by atoms with E-state index in [1.165, 1.54) is 0 Å². The van der Waals surface area contributed by atoms with Gasteiger partial charge in [-0.2, -0.15) is 4.79 Å². The van der Waals surface area contributed by atoms with Crippen molar-refractivity contribution in [3.05, 3.63) is 71.8 Å². The van der Waals surface area contributed by atoms with Crippen LogP contribution in [-0.4, -0.2) is 21.8 Å².